The smallest absolute Gasteiger partial charge is 0.0569 e. The third kappa shape index (κ3) is 5.69. The van der Waals surface area contributed by atoms with Crippen molar-refractivity contribution in [2.24, 2.45) is 0 Å². The highest BCUT2D eigenvalue weighted by molar-refractivity contribution is 7.33. The molecule has 100 valence electrons. The standard InChI is InChI=1S/C15H27NSi2/c1-14(2)13-17(18(3,4)5)12-11-16-15-9-7-6-8-10-15/h6-10,13,16-17H,11-12H2,1-5H3. The number of anilines is 1. The molecule has 0 aliphatic rings. The molecule has 1 aromatic carbocycles. The van der Waals surface area contributed by atoms with E-state index in [9.17, 15) is 0 Å². The minimum Gasteiger partial charge on any atom is -0.385 e. The first kappa shape index (κ1) is 15.3. The SMILES string of the molecule is CC(C)=C[SiH](CCNc1ccccc1)[Si](C)(C)C. The molecule has 1 N–H and O–H groups in total. The van der Waals surface area contributed by atoms with Crippen LogP contribution in [0.15, 0.2) is 41.6 Å². The van der Waals surface area contributed by atoms with Crippen molar-refractivity contribution < 1.29 is 0 Å². The first-order valence-corrected chi connectivity index (χ1v) is 13.6. The van der Waals surface area contributed by atoms with Crippen molar-refractivity contribution in [3.8, 4) is 0 Å². The van der Waals surface area contributed by atoms with Crippen LogP contribution < -0.4 is 5.32 Å². The van der Waals surface area contributed by atoms with Crippen LogP contribution in [0.4, 0.5) is 5.69 Å². The van der Waals surface area contributed by atoms with Crippen LogP contribution in [0.3, 0.4) is 0 Å². The first-order valence-electron chi connectivity index (χ1n) is 6.83. The minimum absolute atomic E-state index is 0.707. The highest BCUT2D eigenvalue weighted by atomic mass is 29.2. The normalized spacial score (nSPS) is 12.9. The first-order chi connectivity index (χ1) is 8.39. The third-order valence-electron chi connectivity index (χ3n) is 3.21. The van der Waals surface area contributed by atoms with Gasteiger partial charge in [0.25, 0.3) is 0 Å². The number of benzene rings is 1. The Balaban J connectivity index is 2.51. The Morgan fingerprint density at radius 1 is 1.17 bits per heavy atom. The molecular weight excluding hydrogens is 250 g/mol. The van der Waals surface area contributed by atoms with E-state index in [4.69, 9.17) is 0 Å². The molecule has 1 nitrogen and oxygen atoms in total. The zero-order chi connectivity index (χ0) is 13.6. The maximum Gasteiger partial charge on any atom is 0.0569 e. The van der Waals surface area contributed by atoms with Crippen LogP contribution in [0.5, 0.6) is 0 Å². The van der Waals surface area contributed by atoms with Gasteiger partial charge < -0.3 is 5.32 Å². The maximum atomic E-state index is 3.55. The van der Waals surface area contributed by atoms with Crippen molar-refractivity contribution in [2.45, 2.75) is 39.5 Å². The molecule has 0 saturated heterocycles. The molecule has 0 radical (unpaired) electrons. The summed E-state index contributed by atoms with van der Waals surface area (Å²) in [6.07, 6.45) is 0. The molecule has 0 amide bonds. The largest absolute Gasteiger partial charge is 0.385 e. The molecule has 0 aliphatic heterocycles. The Morgan fingerprint density at radius 2 is 1.78 bits per heavy atom. The summed E-state index contributed by atoms with van der Waals surface area (Å²) in [5.41, 5.74) is 5.37. The summed E-state index contributed by atoms with van der Waals surface area (Å²) in [5, 5.41) is 3.55. The second-order valence-electron chi connectivity index (χ2n) is 6.30. The van der Waals surface area contributed by atoms with E-state index in [2.05, 4.69) is 74.8 Å². The van der Waals surface area contributed by atoms with Gasteiger partial charge in [0.05, 0.1) is 8.31 Å². The summed E-state index contributed by atoms with van der Waals surface area (Å²) in [7, 11) is -1.67. The van der Waals surface area contributed by atoms with Gasteiger partial charge in [-0.15, -0.1) is 5.70 Å². The van der Waals surface area contributed by atoms with E-state index in [0.717, 1.165) is 6.54 Å². The number of hydrogen-bond acceptors (Lipinski definition) is 1. The molecule has 0 heterocycles. The molecule has 1 atom stereocenters. The van der Waals surface area contributed by atoms with Gasteiger partial charge in [0.2, 0.25) is 0 Å². The average Bonchev–Trinajstić information content (AvgIpc) is 2.27. The highest BCUT2D eigenvalue weighted by Crippen LogP contribution is 2.14. The molecule has 1 unspecified atom stereocenters. The van der Waals surface area contributed by atoms with Gasteiger partial charge in [-0.05, 0) is 32.0 Å². The Hall–Kier alpha value is -0.806. The fourth-order valence-corrected chi connectivity index (χ4v) is 10.4. The van der Waals surface area contributed by atoms with Crippen molar-refractivity contribution in [3.05, 3.63) is 41.6 Å². The Labute approximate surface area is 115 Å². The lowest BCUT2D eigenvalue weighted by molar-refractivity contribution is 1.19. The molecule has 3 heteroatoms. The van der Waals surface area contributed by atoms with Crippen LogP contribution in [0.2, 0.25) is 25.7 Å². The monoisotopic (exact) mass is 277 g/mol. The molecule has 0 aliphatic carbocycles. The van der Waals surface area contributed by atoms with Crippen LogP contribution in [0, 0.1) is 0 Å². The Kier molecular flexibility index (Phi) is 5.89. The van der Waals surface area contributed by atoms with Gasteiger partial charge in [0, 0.05) is 19.8 Å². The number of allylic oxidation sites excluding steroid dienone is 1. The Morgan fingerprint density at radius 3 is 2.28 bits per heavy atom. The molecule has 1 rings (SSSR count). The Bertz CT molecular complexity index is 375. The average molecular weight is 278 g/mol. The van der Waals surface area contributed by atoms with Crippen molar-refractivity contribution in [1.82, 2.24) is 0 Å². The fraction of sp³-hybridized carbons (Fsp3) is 0.467. The van der Waals surface area contributed by atoms with E-state index < -0.39 is 15.9 Å². The van der Waals surface area contributed by atoms with Gasteiger partial charge in [0.15, 0.2) is 0 Å². The molecule has 1 aromatic rings. The molecule has 0 spiro atoms. The van der Waals surface area contributed by atoms with E-state index in [1.807, 2.05) is 0 Å². The van der Waals surface area contributed by atoms with Crippen LogP contribution in [-0.2, 0) is 0 Å². The van der Waals surface area contributed by atoms with E-state index in [1.165, 1.54) is 17.3 Å². The quantitative estimate of drug-likeness (QED) is 0.767. The van der Waals surface area contributed by atoms with Gasteiger partial charge in [-0.1, -0.05) is 43.4 Å². The maximum absolute atomic E-state index is 3.55. The second kappa shape index (κ2) is 6.95. The van der Waals surface area contributed by atoms with Crippen molar-refractivity contribution in [2.75, 3.05) is 11.9 Å². The lowest BCUT2D eigenvalue weighted by Crippen LogP contribution is -2.42. The van der Waals surface area contributed by atoms with E-state index in [1.54, 1.807) is 0 Å². The summed E-state index contributed by atoms with van der Waals surface area (Å²) in [6, 6.07) is 11.9. The van der Waals surface area contributed by atoms with Crippen LogP contribution >= 0.6 is 0 Å². The van der Waals surface area contributed by atoms with Crippen molar-refractivity contribution >= 4 is 21.6 Å². The number of hydrogen-bond donors (Lipinski definition) is 1. The zero-order valence-corrected chi connectivity index (χ0v) is 14.6. The molecule has 0 fully saturated rings. The molecule has 0 saturated carbocycles. The fourth-order valence-electron chi connectivity index (χ4n) is 2.10. The summed E-state index contributed by atoms with van der Waals surface area (Å²) in [5.74, 6) is 0. The summed E-state index contributed by atoms with van der Waals surface area (Å²) >= 11 is 0. The van der Waals surface area contributed by atoms with Gasteiger partial charge in [0.1, 0.15) is 0 Å². The molecule has 0 aromatic heterocycles. The van der Waals surface area contributed by atoms with Crippen LogP contribution in [-0.4, -0.2) is 22.5 Å². The van der Waals surface area contributed by atoms with Crippen LogP contribution in [0.25, 0.3) is 0 Å². The number of rotatable bonds is 6. The van der Waals surface area contributed by atoms with Gasteiger partial charge in [-0.3, -0.25) is 0 Å². The zero-order valence-electron chi connectivity index (χ0n) is 12.5. The minimum atomic E-state index is -0.965. The van der Waals surface area contributed by atoms with Crippen molar-refractivity contribution in [3.63, 3.8) is 0 Å². The van der Waals surface area contributed by atoms with E-state index in [-0.39, 0.29) is 0 Å². The van der Waals surface area contributed by atoms with E-state index in [0.29, 0.717) is 0 Å². The summed E-state index contributed by atoms with van der Waals surface area (Å²) < 4.78 is 0. The van der Waals surface area contributed by atoms with Gasteiger partial charge in [-0.25, -0.2) is 0 Å². The molecular formula is C15H27NSi2. The number of nitrogens with one attached hydrogen (secondary N) is 1. The van der Waals surface area contributed by atoms with Gasteiger partial charge >= 0.3 is 0 Å². The molecule has 18 heavy (non-hydrogen) atoms. The third-order valence-corrected chi connectivity index (χ3v) is 15.4. The summed E-state index contributed by atoms with van der Waals surface area (Å²) in [4.78, 5) is 0. The lowest BCUT2D eigenvalue weighted by atomic mass is 10.3. The predicted octanol–water partition coefficient (Wildman–Crippen LogP) is 4.25. The van der Waals surface area contributed by atoms with Crippen molar-refractivity contribution in [1.29, 1.82) is 0 Å². The molecule has 0 bridgehead atoms. The predicted molar refractivity (Wildman–Crippen MR) is 89.7 cm³/mol. The summed E-state index contributed by atoms with van der Waals surface area (Å²) in [6.45, 7) is 13.2. The lowest BCUT2D eigenvalue weighted by Gasteiger charge is -2.25. The van der Waals surface area contributed by atoms with Crippen LogP contribution in [0.1, 0.15) is 13.8 Å². The second-order valence-corrected chi connectivity index (χ2v) is 20.6. The van der Waals surface area contributed by atoms with Gasteiger partial charge in [-0.2, -0.15) is 0 Å². The highest BCUT2D eigenvalue weighted by Gasteiger charge is 2.25. The van der Waals surface area contributed by atoms with E-state index >= 15 is 0 Å². The topological polar surface area (TPSA) is 12.0 Å². The number of para-hydroxylation sites is 1.